The Morgan fingerprint density at radius 3 is 1.81 bits per heavy atom. The third-order valence-electron chi connectivity index (χ3n) is 8.31. The first-order valence-electron chi connectivity index (χ1n) is 18.4. The summed E-state index contributed by atoms with van der Waals surface area (Å²) in [6.45, 7) is 16.7. The predicted octanol–water partition coefficient (Wildman–Crippen LogP) is 7.26. The van der Waals surface area contributed by atoms with Crippen molar-refractivity contribution in [2.75, 3.05) is 70.8 Å². The maximum Gasteiger partial charge on any atom is 0.307 e. The highest BCUT2D eigenvalue weighted by molar-refractivity contribution is 7.20. The topological polar surface area (TPSA) is 211 Å². The van der Waals surface area contributed by atoms with E-state index in [1.807, 2.05) is 24.0 Å². The Labute approximate surface area is 337 Å². The number of nitrogens with zero attached hydrogens (tertiary/aromatic N) is 5. The number of esters is 2. The third kappa shape index (κ3) is 17.9. The minimum atomic E-state index is -1.06. The molecule has 0 fully saturated rings. The zero-order valence-electron chi connectivity index (χ0n) is 32.8. The molecule has 16 nitrogen and oxygen atoms in total. The number of aryl methyl sites for hydroxylation is 1. The number of ether oxygens (including phenoxy) is 5. The number of allylic oxidation sites excluding steroid dienone is 4. The molecule has 17 heteroatoms. The fraction of sp³-hybridized carbons (Fsp3) is 0.500. The molecular formula is C40H51N5O11S. The van der Waals surface area contributed by atoms with Crippen molar-refractivity contribution in [2.24, 2.45) is 22.1 Å². The van der Waals surface area contributed by atoms with Crippen LogP contribution in [0.3, 0.4) is 0 Å². The van der Waals surface area contributed by atoms with Gasteiger partial charge in [0.25, 0.3) is 0 Å². The van der Waals surface area contributed by atoms with Crippen LogP contribution in [0.25, 0.3) is 4.85 Å². The number of benzene rings is 1. The molecule has 0 bridgehead atoms. The smallest absolute Gasteiger partial charge is 0.307 e. The van der Waals surface area contributed by atoms with Crippen molar-refractivity contribution in [3.8, 4) is 6.07 Å². The van der Waals surface area contributed by atoms with Crippen LogP contribution >= 0.6 is 11.3 Å². The molecule has 2 aromatic rings. The molecule has 0 spiro atoms. The van der Waals surface area contributed by atoms with Gasteiger partial charge in [-0.3, -0.25) is 19.2 Å². The van der Waals surface area contributed by atoms with Gasteiger partial charge in [-0.2, -0.15) is 5.26 Å². The summed E-state index contributed by atoms with van der Waals surface area (Å²) >= 11 is 1.12. The molecule has 1 aromatic heterocycles. The van der Waals surface area contributed by atoms with Crippen LogP contribution in [0, 0.1) is 43.6 Å². The maximum absolute atomic E-state index is 12.2. The number of carbonyl (C=O) groups is 4. The lowest BCUT2D eigenvalue weighted by Crippen LogP contribution is -2.31. The monoisotopic (exact) mass is 809 g/mol. The second kappa shape index (κ2) is 27.2. The summed E-state index contributed by atoms with van der Waals surface area (Å²) in [5, 5.41) is 37.5. The number of hydrogen-bond donors (Lipinski definition) is 2. The van der Waals surface area contributed by atoms with Gasteiger partial charge in [0.2, 0.25) is 5.00 Å². The molecule has 2 unspecified atom stereocenters. The number of carbonyl (C=O) groups excluding carboxylic acids is 2. The molecule has 0 saturated heterocycles. The first-order valence-corrected chi connectivity index (χ1v) is 19.2. The largest absolute Gasteiger partial charge is 0.481 e. The highest BCUT2D eigenvalue weighted by Crippen LogP contribution is 2.41. The van der Waals surface area contributed by atoms with Crippen LogP contribution in [0.5, 0.6) is 0 Å². The molecule has 0 aliphatic carbocycles. The van der Waals surface area contributed by atoms with E-state index in [2.05, 4.69) is 21.1 Å². The number of rotatable bonds is 28. The number of thiophene rings is 1. The zero-order chi connectivity index (χ0) is 42.0. The molecule has 1 aromatic carbocycles. The fourth-order valence-electron chi connectivity index (χ4n) is 5.08. The van der Waals surface area contributed by atoms with E-state index in [-0.39, 0.29) is 71.9 Å². The first kappa shape index (κ1) is 47.7. The summed E-state index contributed by atoms with van der Waals surface area (Å²) in [6, 6.07) is 7.70. The predicted molar refractivity (Wildman–Crippen MR) is 212 cm³/mol. The van der Waals surface area contributed by atoms with Gasteiger partial charge in [0.15, 0.2) is 0 Å². The van der Waals surface area contributed by atoms with Gasteiger partial charge in [-0.05, 0) is 69.9 Å². The van der Waals surface area contributed by atoms with Crippen LogP contribution < -0.4 is 4.90 Å². The highest BCUT2D eigenvalue weighted by atomic mass is 32.1. The Morgan fingerprint density at radius 1 is 0.842 bits per heavy atom. The van der Waals surface area contributed by atoms with E-state index in [1.54, 1.807) is 51.1 Å². The number of carboxylic acid groups (broad SMARTS) is 2. The van der Waals surface area contributed by atoms with E-state index in [9.17, 15) is 34.7 Å². The quantitative estimate of drug-likeness (QED) is 0.0285. The average molecular weight is 810 g/mol. The van der Waals surface area contributed by atoms with Crippen molar-refractivity contribution < 1.29 is 53.1 Å². The van der Waals surface area contributed by atoms with Crippen LogP contribution in [0.4, 0.5) is 21.4 Å². The Morgan fingerprint density at radius 2 is 1.35 bits per heavy atom. The highest BCUT2D eigenvalue weighted by Gasteiger charge is 2.22. The Kier molecular flexibility index (Phi) is 22.8. The van der Waals surface area contributed by atoms with Gasteiger partial charge in [0, 0.05) is 18.8 Å². The van der Waals surface area contributed by atoms with Gasteiger partial charge < -0.3 is 38.8 Å². The summed E-state index contributed by atoms with van der Waals surface area (Å²) < 4.78 is 27.3. The molecule has 2 atom stereocenters. The lowest BCUT2D eigenvalue weighted by Gasteiger charge is -2.25. The van der Waals surface area contributed by atoms with Crippen molar-refractivity contribution >= 4 is 56.6 Å². The third-order valence-corrected chi connectivity index (χ3v) is 9.38. The molecule has 2 rings (SSSR count). The standard InChI is InChI=1S/C40H51N5O11S/c1-6-8-10-30(39(48)49)25-35(46)55-22-20-53-17-15-45(14-16-52-18-19-54-21-23-56-36(47)26-31(40(50)51)11-9-7-2)32-12-13-34(28(3)24-32)43-44-38-33(27-41)29(4)37(42-5)57-38/h6-9,12-13,24,30-31H,10-11,14-23,25-26H2,1-4H3,(H,48,49)(H,50,51)/b8-6+,9-7+,44-43?. The molecule has 57 heavy (non-hydrogen) atoms. The Bertz CT molecular complexity index is 1790. The van der Waals surface area contributed by atoms with Gasteiger partial charge in [-0.1, -0.05) is 24.3 Å². The van der Waals surface area contributed by atoms with Crippen molar-refractivity contribution in [3.05, 3.63) is 70.6 Å². The Balaban J connectivity index is 1.93. The summed E-state index contributed by atoms with van der Waals surface area (Å²) in [6.07, 6.45) is 6.88. The van der Waals surface area contributed by atoms with Gasteiger partial charge in [0.1, 0.15) is 24.3 Å². The number of aliphatic carboxylic acids is 2. The number of nitriles is 1. The van der Waals surface area contributed by atoms with Crippen LogP contribution in [0.2, 0.25) is 0 Å². The Hall–Kier alpha value is -5.46. The SMILES string of the molecule is [C-]#[N+]c1sc(N=Nc2ccc(N(CCOCCOCCOC(=O)CC(C/C=C/C)C(=O)O)CCOCCOC(=O)CC(C/C=C/C)C(=O)O)cc2C)c(C#N)c1C. The van der Waals surface area contributed by atoms with E-state index in [1.165, 1.54) is 0 Å². The summed E-state index contributed by atoms with van der Waals surface area (Å²) in [5.41, 5.74) is 3.15. The van der Waals surface area contributed by atoms with Crippen LogP contribution in [0.15, 0.2) is 52.7 Å². The lowest BCUT2D eigenvalue weighted by atomic mass is 10.0. The van der Waals surface area contributed by atoms with Crippen LogP contribution in [-0.4, -0.2) is 100 Å². The summed E-state index contributed by atoms with van der Waals surface area (Å²) in [4.78, 5) is 52.4. The molecule has 2 N–H and O–H groups in total. The number of hydrogen-bond acceptors (Lipinski definition) is 14. The average Bonchev–Trinajstić information content (AvgIpc) is 3.50. The first-order chi connectivity index (χ1) is 27.4. The minimum Gasteiger partial charge on any atom is -0.481 e. The second-order valence-electron chi connectivity index (χ2n) is 12.5. The second-order valence-corrected chi connectivity index (χ2v) is 13.4. The molecule has 0 aliphatic rings. The van der Waals surface area contributed by atoms with Crippen LogP contribution in [0.1, 0.15) is 56.2 Å². The molecule has 1 heterocycles. The molecule has 0 radical (unpaired) electrons. The molecule has 308 valence electrons. The molecular weight excluding hydrogens is 759 g/mol. The van der Waals surface area contributed by atoms with E-state index in [0.29, 0.717) is 46.5 Å². The van der Waals surface area contributed by atoms with E-state index < -0.39 is 35.7 Å². The zero-order valence-corrected chi connectivity index (χ0v) is 33.6. The van der Waals surface area contributed by atoms with Gasteiger partial charge in [0.05, 0.1) is 82.1 Å². The fourth-order valence-corrected chi connectivity index (χ4v) is 5.95. The summed E-state index contributed by atoms with van der Waals surface area (Å²) in [7, 11) is 0. The van der Waals surface area contributed by atoms with Crippen molar-refractivity contribution in [2.45, 2.75) is 53.4 Å². The lowest BCUT2D eigenvalue weighted by molar-refractivity contribution is -0.152. The van der Waals surface area contributed by atoms with Crippen LogP contribution in [-0.2, 0) is 42.9 Å². The van der Waals surface area contributed by atoms with Crippen molar-refractivity contribution in [1.82, 2.24) is 0 Å². The van der Waals surface area contributed by atoms with Crippen molar-refractivity contribution in [3.63, 3.8) is 0 Å². The van der Waals surface area contributed by atoms with Crippen molar-refractivity contribution in [1.29, 1.82) is 5.26 Å². The number of anilines is 1. The van der Waals surface area contributed by atoms with Gasteiger partial charge in [-0.15, -0.1) is 21.6 Å². The number of azo groups is 1. The van der Waals surface area contributed by atoms with E-state index in [0.717, 1.165) is 22.6 Å². The summed E-state index contributed by atoms with van der Waals surface area (Å²) in [5.74, 6) is -5.03. The van der Waals surface area contributed by atoms with Gasteiger partial charge in [-0.25, -0.2) is 4.85 Å². The minimum absolute atomic E-state index is 0.00935. The van der Waals surface area contributed by atoms with E-state index in [4.69, 9.17) is 30.3 Å². The molecule has 0 aliphatic heterocycles. The molecule has 0 amide bonds. The number of carboxylic acids is 2. The normalized spacial score (nSPS) is 12.4. The van der Waals surface area contributed by atoms with E-state index >= 15 is 0 Å². The molecule has 0 saturated carbocycles. The maximum atomic E-state index is 12.2. The van der Waals surface area contributed by atoms with Gasteiger partial charge >= 0.3 is 23.9 Å².